The molecule has 2 aliphatic heterocycles. The van der Waals surface area contributed by atoms with Crippen molar-refractivity contribution in [2.75, 3.05) is 33.5 Å². The van der Waals surface area contributed by atoms with Crippen LogP contribution in [0.5, 0.6) is 11.5 Å². The number of hydrogen-bond acceptors (Lipinski definition) is 7. The minimum Gasteiger partial charge on any atom is -0.488 e. The lowest BCUT2D eigenvalue weighted by atomic mass is 9.78. The Morgan fingerprint density at radius 3 is 2.59 bits per heavy atom. The van der Waals surface area contributed by atoms with Gasteiger partial charge in [0.2, 0.25) is 0 Å². The van der Waals surface area contributed by atoms with Gasteiger partial charge >= 0.3 is 5.97 Å². The van der Waals surface area contributed by atoms with Crippen LogP contribution >= 0.6 is 11.6 Å². The Morgan fingerprint density at radius 1 is 1.12 bits per heavy atom. The van der Waals surface area contributed by atoms with E-state index in [1.165, 1.54) is 12.1 Å². The number of hydrogen-bond donors (Lipinski definition) is 1. The second kappa shape index (κ2) is 12.3. The van der Waals surface area contributed by atoms with Gasteiger partial charge in [0.15, 0.2) is 23.5 Å². The first-order valence-electron chi connectivity index (χ1n) is 13.5. The van der Waals surface area contributed by atoms with Gasteiger partial charge in [0.05, 0.1) is 30.9 Å². The summed E-state index contributed by atoms with van der Waals surface area (Å²) < 4.78 is 59.7. The number of carbonyl (C=O) groups excluding carboxylic acids is 1. The maximum Gasteiger partial charge on any atom is 0.338 e. The maximum atomic E-state index is 16.3. The molecule has 0 amide bonds. The molecule has 3 atom stereocenters. The summed E-state index contributed by atoms with van der Waals surface area (Å²) in [6, 6.07) is 12.7. The molecule has 1 fully saturated rings. The van der Waals surface area contributed by atoms with Crippen LogP contribution in [0.15, 0.2) is 48.5 Å². The third kappa shape index (κ3) is 5.39. The van der Waals surface area contributed by atoms with E-state index in [1.807, 2.05) is 6.07 Å². The summed E-state index contributed by atoms with van der Waals surface area (Å²) in [7, 11) is 1.16. The number of halogens is 3. The van der Waals surface area contributed by atoms with E-state index >= 15 is 8.78 Å². The van der Waals surface area contributed by atoms with Crippen LogP contribution in [-0.2, 0) is 19.8 Å². The predicted molar refractivity (Wildman–Crippen MR) is 147 cm³/mol. The normalized spacial score (nSPS) is 21.7. The molecule has 0 radical (unpaired) electrons. The minimum atomic E-state index is -1.30. The largest absolute Gasteiger partial charge is 0.488 e. The second-order valence-electron chi connectivity index (χ2n) is 10.0. The summed E-state index contributed by atoms with van der Waals surface area (Å²) >= 11 is 6.53. The molecular weight excluding hydrogens is 558 g/mol. The zero-order valence-corrected chi connectivity index (χ0v) is 23.5. The average Bonchev–Trinajstić information content (AvgIpc) is 3.29. The van der Waals surface area contributed by atoms with E-state index in [4.69, 9.17) is 35.3 Å². The van der Waals surface area contributed by atoms with Gasteiger partial charge in [-0.25, -0.2) is 13.6 Å². The zero-order chi connectivity index (χ0) is 29.1. The highest BCUT2D eigenvalue weighted by Crippen LogP contribution is 2.56. The molecule has 10 heteroatoms. The predicted octanol–water partition coefficient (Wildman–Crippen LogP) is 6.38. The lowest BCUT2D eigenvalue weighted by Crippen LogP contribution is -2.38. The van der Waals surface area contributed by atoms with E-state index in [1.54, 1.807) is 31.2 Å². The molecule has 0 bridgehead atoms. The molecule has 2 aliphatic rings. The molecule has 0 aromatic heterocycles. The van der Waals surface area contributed by atoms with Crippen molar-refractivity contribution < 1.29 is 42.4 Å². The topological polar surface area (TPSA) is 83.5 Å². The molecule has 41 heavy (non-hydrogen) atoms. The summed E-state index contributed by atoms with van der Waals surface area (Å²) in [5.74, 6) is -3.38. The highest BCUT2D eigenvalue weighted by Gasteiger charge is 2.49. The third-order valence-corrected chi connectivity index (χ3v) is 8.06. The van der Waals surface area contributed by atoms with Gasteiger partial charge in [-0.1, -0.05) is 48.9 Å². The van der Waals surface area contributed by atoms with Crippen LogP contribution in [0.3, 0.4) is 0 Å². The Kier molecular flexibility index (Phi) is 8.79. The molecule has 0 spiro atoms. The summed E-state index contributed by atoms with van der Waals surface area (Å²) in [6.45, 7) is 2.10. The lowest BCUT2D eigenvalue weighted by molar-refractivity contribution is -0.165. The number of carbonyl (C=O) groups is 1. The number of rotatable bonds is 9. The van der Waals surface area contributed by atoms with Gasteiger partial charge in [0.1, 0.15) is 18.2 Å². The molecule has 1 saturated heterocycles. The van der Waals surface area contributed by atoms with Gasteiger partial charge in [-0.3, -0.25) is 0 Å². The summed E-state index contributed by atoms with van der Waals surface area (Å²) in [4.78, 5) is 12.8. The molecule has 1 N–H and O–H groups in total. The minimum absolute atomic E-state index is 0.00389. The van der Waals surface area contributed by atoms with Crippen LogP contribution in [0.1, 0.15) is 53.6 Å². The van der Waals surface area contributed by atoms with Gasteiger partial charge < -0.3 is 28.8 Å². The van der Waals surface area contributed by atoms with Crippen LogP contribution in [-0.4, -0.2) is 50.9 Å². The van der Waals surface area contributed by atoms with Gasteiger partial charge in [-0.15, -0.1) is 0 Å². The van der Waals surface area contributed by atoms with Crippen molar-refractivity contribution >= 4 is 17.6 Å². The Labute approximate surface area is 241 Å². The Morgan fingerprint density at radius 2 is 1.90 bits per heavy atom. The number of fused-ring (bicyclic) bond motifs is 1. The van der Waals surface area contributed by atoms with E-state index in [0.717, 1.165) is 32.4 Å². The molecule has 3 aromatic rings. The molecule has 0 aliphatic carbocycles. The lowest BCUT2D eigenvalue weighted by Gasteiger charge is -2.32. The molecule has 0 unspecified atom stereocenters. The van der Waals surface area contributed by atoms with Crippen LogP contribution in [0.25, 0.3) is 11.1 Å². The SMILES string of the molecule is COC(=O)c1ccc(OCCO[C@H]2CCCCO2)c(F)c1-c1c(Cl)c(F)cc2c1[C@H](C)[C@@](CO)(c1ccccc1)O2. The van der Waals surface area contributed by atoms with Crippen LogP contribution in [0, 0.1) is 11.6 Å². The van der Waals surface area contributed by atoms with Crippen molar-refractivity contribution in [1.82, 2.24) is 0 Å². The van der Waals surface area contributed by atoms with Gasteiger partial charge in [-0.05, 0) is 37.0 Å². The maximum absolute atomic E-state index is 16.3. The average molecular weight is 589 g/mol. The Bertz CT molecular complexity index is 1410. The highest BCUT2D eigenvalue weighted by molar-refractivity contribution is 6.34. The summed E-state index contributed by atoms with van der Waals surface area (Å²) in [5, 5.41) is 10.2. The molecule has 218 valence electrons. The molecule has 0 saturated carbocycles. The number of ether oxygens (including phenoxy) is 5. The van der Waals surface area contributed by atoms with Gasteiger partial charge in [0.25, 0.3) is 0 Å². The van der Waals surface area contributed by atoms with Crippen LogP contribution in [0.2, 0.25) is 5.02 Å². The first-order valence-corrected chi connectivity index (χ1v) is 13.8. The number of aliphatic hydroxyl groups is 1. The van der Waals surface area contributed by atoms with Crippen molar-refractivity contribution in [1.29, 1.82) is 0 Å². The smallest absolute Gasteiger partial charge is 0.338 e. The first-order chi connectivity index (χ1) is 19.8. The number of aliphatic hydroxyl groups excluding tert-OH is 1. The molecular formula is C31H31ClF2O7. The van der Waals surface area contributed by atoms with Gasteiger partial charge in [0, 0.05) is 35.3 Å². The number of benzene rings is 3. The van der Waals surface area contributed by atoms with Crippen molar-refractivity contribution in [3.63, 3.8) is 0 Å². The monoisotopic (exact) mass is 588 g/mol. The van der Waals surface area contributed by atoms with E-state index in [9.17, 15) is 9.90 Å². The summed E-state index contributed by atoms with van der Waals surface area (Å²) in [5.41, 5.74) is -0.856. The zero-order valence-electron chi connectivity index (χ0n) is 22.8. The summed E-state index contributed by atoms with van der Waals surface area (Å²) in [6.07, 6.45) is 2.42. The fourth-order valence-electron chi connectivity index (χ4n) is 5.55. The van der Waals surface area contributed by atoms with Crippen molar-refractivity contribution in [2.45, 2.75) is 44.0 Å². The first kappa shape index (κ1) is 29.3. The van der Waals surface area contributed by atoms with E-state index in [0.29, 0.717) is 17.7 Å². The fourth-order valence-corrected chi connectivity index (χ4v) is 5.80. The van der Waals surface area contributed by atoms with Crippen molar-refractivity contribution in [3.8, 4) is 22.6 Å². The van der Waals surface area contributed by atoms with E-state index in [-0.39, 0.29) is 47.7 Å². The molecule has 3 aromatic carbocycles. The second-order valence-corrected chi connectivity index (χ2v) is 10.4. The highest BCUT2D eigenvalue weighted by atomic mass is 35.5. The van der Waals surface area contributed by atoms with E-state index < -0.39 is 40.8 Å². The number of esters is 1. The van der Waals surface area contributed by atoms with E-state index in [2.05, 4.69) is 0 Å². The van der Waals surface area contributed by atoms with Crippen LogP contribution in [0.4, 0.5) is 8.78 Å². The third-order valence-electron chi connectivity index (χ3n) is 7.69. The van der Waals surface area contributed by atoms with Crippen molar-refractivity contribution in [2.24, 2.45) is 0 Å². The number of methoxy groups -OCH3 is 1. The van der Waals surface area contributed by atoms with Gasteiger partial charge in [-0.2, -0.15) is 0 Å². The quantitative estimate of drug-likeness (QED) is 0.229. The molecule has 2 heterocycles. The fraction of sp³-hybridized carbons (Fsp3) is 0.387. The standard InChI is InChI=1S/C31H31ClF2O7/c1-18-25-23(41-31(18,17-35)19-8-4-3-5-9-19)16-21(33)28(32)27(25)26-20(30(36)37-2)11-12-22(29(26)34)38-14-15-40-24-10-6-7-13-39-24/h3-5,8-9,11-12,16,18,24,35H,6-7,10,13-15,17H2,1-2H3/t18-,24-,31-/m0/s1. The van der Waals surface area contributed by atoms with Crippen LogP contribution < -0.4 is 9.47 Å². The van der Waals surface area contributed by atoms with Crippen molar-refractivity contribution in [3.05, 3.63) is 81.9 Å². The Hall–Kier alpha value is -3.24. The molecule has 7 nitrogen and oxygen atoms in total. The Balaban J connectivity index is 1.57. The molecule has 5 rings (SSSR count).